The number of aryl methyl sites for hydroxylation is 3. The molecule has 2 amide bonds. The van der Waals surface area contributed by atoms with Crippen molar-refractivity contribution in [1.29, 1.82) is 0 Å². The predicted octanol–water partition coefficient (Wildman–Crippen LogP) is 4.26. The maximum Gasteiger partial charge on any atom is 0.267 e. The molecule has 5 rings (SSSR count). The third-order valence-corrected chi connectivity index (χ3v) is 7.89. The van der Waals surface area contributed by atoms with Gasteiger partial charge in [-0.2, -0.15) is 0 Å². The van der Waals surface area contributed by atoms with Crippen molar-refractivity contribution in [1.82, 2.24) is 9.55 Å². The summed E-state index contributed by atoms with van der Waals surface area (Å²) in [5.41, 5.74) is 3.69. The Kier molecular flexibility index (Phi) is 6.36. The van der Waals surface area contributed by atoms with Gasteiger partial charge in [-0.25, -0.2) is 4.98 Å². The number of hydrogen-bond acceptors (Lipinski definition) is 7. The molecular weight excluding hydrogens is 504 g/mol. The van der Waals surface area contributed by atoms with Gasteiger partial charge in [-0.3, -0.25) is 23.7 Å². The van der Waals surface area contributed by atoms with E-state index in [-0.39, 0.29) is 24.1 Å². The molecule has 0 aliphatic carbocycles. The van der Waals surface area contributed by atoms with Crippen LogP contribution in [0.5, 0.6) is 5.75 Å². The van der Waals surface area contributed by atoms with Crippen molar-refractivity contribution < 1.29 is 19.1 Å². The Morgan fingerprint density at radius 2 is 1.87 bits per heavy atom. The Labute approximate surface area is 222 Å². The highest BCUT2D eigenvalue weighted by Gasteiger charge is 2.29. The van der Waals surface area contributed by atoms with Gasteiger partial charge in [0, 0.05) is 18.3 Å². The summed E-state index contributed by atoms with van der Waals surface area (Å²) in [6.45, 7) is 7.04. The van der Waals surface area contributed by atoms with Gasteiger partial charge in [-0.1, -0.05) is 17.7 Å². The van der Waals surface area contributed by atoms with Crippen LogP contribution < -0.4 is 20.5 Å². The first-order valence-electron chi connectivity index (χ1n) is 12.0. The zero-order valence-electron chi connectivity index (χ0n) is 21.6. The molecule has 0 spiro atoms. The number of Topliss-reactive ketones (excluding diaryl/α,β-unsaturated/α-hetero) is 1. The second kappa shape index (κ2) is 9.53. The number of nitrogens with one attached hydrogen (secondary N) is 1. The molecule has 0 radical (unpaired) electrons. The van der Waals surface area contributed by atoms with Crippen LogP contribution in [0.3, 0.4) is 0 Å². The smallest absolute Gasteiger partial charge is 0.267 e. The van der Waals surface area contributed by atoms with Crippen molar-refractivity contribution in [2.75, 3.05) is 17.3 Å². The van der Waals surface area contributed by atoms with Crippen molar-refractivity contribution in [3.8, 4) is 5.75 Å². The molecule has 2 aromatic carbocycles. The first-order valence-corrected chi connectivity index (χ1v) is 12.9. The number of carbonyl (C=O) groups is 3. The zero-order valence-corrected chi connectivity index (χ0v) is 22.4. The third-order valence-electron chi connectivity index (χ3n) is 6.69. The standard InChI is InChI=1S/C28H26N4O5S/c1-14-6-8-19(15(2)10-14)30-25(34)24-16(3)23-26(38-24)29-13-32(28(23)36)12-21(33)18-7-9-22-20(11-18)31(5)27(35)17(4)37-22/h6-11,13,17H,12H2,1-5H3,(H,30,34). The number of benzene rings is 2. The van der Waals surface area contributed by atoms with E-state index in [2.05, 4.69) is 10.3 Å². The van der Waals surface area contributed by atoms with E-state index in [1.54, 1.807) is 39.1 Å². The van der Waals surface area contributed by atoms with Crippen molar-refractivity contribution in [3.05, 3.63) is 80.2 Å². The molecule has 3 heterocycles. The normalized spacial score (nSPS) is 14.8. The largest absolute Gasteiger partial charge is 0.479 e. The quantitative estimate of drug-likeness (QED) is 0.386. The van der Waals surface area contributed by atoms with Crippen molar-refractivity contribution >= 4 is 50.5 Å². The zero-order chi connectivity index (χ0) is 27.3. The van der Waals surface area contributed by atoms with Crippen molar-refractivity contribution in [2.45, 2.75) is 40.3 Å². The van der Waals surface area contributed by atoms with Crippen molar-refractivity contribution in [2.24, 2.45) is 0 Å². The molecule has 9 nitrogen and oxygen atoms in total. The predicted molar refractivity (Wildman–Crippen MR) is 147 cm³/mol. The van der Waals surface area contributed by atoms with Gasteiger partial charge in [0.1, 0.15) is 10.6 Å². The van der Waals surface area contributed by atoms with Crippen LogP contribution in [-0.2, 0) is 11.3 Å². The van der Waals surface area contributed by atoms with E-state index in [9.17, 15) is 19.2 Å². The minimum atomic E-state index is -0.604. The highest BCUT2D eigenvalue weighted by atomic mass is 32.1. The summed E-state index contributed by atoms with van der Waals surface area (Å²) < 4.78 is 6.86. The number of nitrogens with zero attached hydrogens (tertiary/aromatic N) is 3. The number of aromatic nitrogens is 2. The summed E-state index contributed by atoms with van der Waals surface area (Å²) in [5, 5.41) is 3.23. The minimum Gasteiger partial charge on any atom is -0.479 e. The van der Waals surface area contributed by atoms with E-state index < -0.39 is 11.7 Å². The first-order chi connectivity index (χ1) is 18.0. The van der Waals surface area contributed by atoms with Crippen LogP contribution in [0, 0.1) is 20.8 Å². The fourth-order valence-electron chi connectivity index (χ4n) is 4.55. The third kappa shape index (κ3) is 4.37. The molecule has 1 N–H and O–H groups in total. The molecule has 1 aliphatic rings. The average Bonchev–Trinajstić information content (AvgIpc) is 3.22. The van der Waals surface area contributed by atoms with Crippen LogP contribution in [0.4, 0.5) is 11.4 Å². The van der Waals surface area contributed by atoms with Crippen LogP contribution >= 0.6 is 11.3 Å². The molecule has 10 heteroatoms. The summed E-state index contributed by atoms with van der Waals surface area (Å²) in [6.07, 6.45) is 0.718. The number of carbonyl (C=O) groups excluding carboxylic acids is 3. The summed E-state index contributed by atoms with van der Waals surface area (Å²) in [7, 11) is 1.63. The van der Waals surface area contributed by atoms with Crippen LogP contribution in [0.2, 0.25) is 0 Å². The number of rotatable bonds is 5. The number of amides is 2. The Hall–Kier alpha value is -4.31. The molecule has 2 aromatic heterocycles. The van der Waals surface area contributed by atoms with Crippen LogP contribution in [0.1, 0.15) is 43.6 Å². The Bertz CT molecular complexity index is 1700. The number of thiophene rings is 1. The number of ketones is 1. The number of hydrogen-bond donors (Lipinski definition) is 1. The average molecular weight is 531 g/mol. The fourth-order valence-corrected chi connectivity index (χ4v) is 5.59. The second-order valence-corrected chi connectivity index (χ2v) is 10.4. The first kappa shape index (κ1) is 25.3. The Morgan fingerprint density at radius 3 is 2.61 bits per heavy atom. The molecule has 0 bridgehead atoms. The highest BCUT2D eigenvalue weighted by molar-refractivity contribution is 7.20. The van der Waals surface area contributed by atoms with E-state index in [0.717, 1.165) is 22.5 Å². The van der Waals surface area contributed by atoms with Gasteiger partial charge in [0.05, 0.1) is 28.8 Å². The SMILES string of the molecule is Cc1ccc(NC(=O)c2sc3ncn(CC(=O)c4ccc5c(c4)N(C)C(=O)C(C)O5)c(=O)c3c2C)c(C)c1. The van der Waals surface area contributed by atoms with Gasteiger partial charge >= 0.3 is 0 Å². The molecule has 4 aromatic rings. The maximum absolute atomic E-state index is 13.3. The summed E-state index contributed by atoms with van der Waals surface area (Å²) in [5.74, 6) is -0.338. The van der Waals surface area contributed by atoms with Crippen LogP contribution in [-0.4, -0.2) is 40.3 Å². The van der Waals surface area contributed by atoms with E-state index in [1.807, 2.05) is 32.0 Å². The fraction of sp³-hybridized carbons (Fsp3) is 0.250. The van der Waals surface area contributed by atoms with E-state index >= 15 is 0 Å². The minimum absolute atomic E-state index is 0.210. The summed E-state index contributed by atoms with van der Waals surface area (Å²) >= 11 is 1.14. The van der Waals surface area contributed by atoms with Gasteiger partial charge in [0.2, 0.25) is 0 Å². The van der Waals surface area contributed by atoms with Gasteiger partial charge < -0.3 is 15.0 Å². The highest BCUT2D eigenvalue weighted by Crippen LogP contribution is 2.34. The van der Waals surface area contributed by atoms with Crippen LogP contribution in [0.15, 0.2) is 47.5 Å². The number of anilines is 2. The molecule has 0 saturated carbocycles. The lowest BCUT2D eigenvalue weighted by Gasteiger charge is -2.30. The number of ether oxygens (including phenoxy) is 1. The molecule has 1 unspecified atom stereocenters. The lowest BCUT2D eigenvalue weighted by atomic mass is 10.1. The Balaban J connectivity index is 1.42. The van der Waals surface area contributed by atoms with Gasteiger partial charge in [0.15, 0.2) is 11.9 Å². The molecule has 0 saturated heterocycles. The molecule has 1 atom stereocenters. The van der Waals surface area contributed by atoms with Crippen molar-refractivity contribution in [3.63, 3.8) is 0 Å². The van der Waals surface area contributed by atoms with E-state index in [4.69, 9.17) is 4.74 Å². The molecule has 0 fully saturated rings. The van der Waals surface area contributed by atoms with Gasteiger partial charge in [-0.15, -0.1) is 11.3 Å². The van der Waals surface area contributed by atoms with E-state index in [1.165, 1.54) is 15.8 Å². The van der Waals surface area contributed by atoms with E-state index in [0.29, 0.717) is 43.3 Å². The van der Waals surface area contributed by atoms with Gasteiger partial charge in [0.25, 0.3) is 17.4 Å². The van der Waals surface area contributed by atoms with Crippen LogP contribution in [0.25, 0.3) is 10.2 Å². The number of fused-ring (bicyclic) bond motifs is 2. The topological polar surface area (TPSA) is 111 Å². The van der Waals surface area contributed by atoms with Gasteiger partial charge in [-0.05, 0) is 63.1 Å². The second-order valence-electron chi connectivity index (χ2n) is 9.45. The molecule has 38 heavy (non-hydrogen) atoms. The summed E-state index contributed by atoms with van der Waals surface area (Å²) in [6, 6.07) is 10.6. The lowest BCUT2D eigenvalue weighted by molar-refractivity contribution is -0.125. The monoisotopic (exact) mass is 530 g/mol. The molecule has 1 aliphatic heterocycles. The maximum atomic E-state index is 13.3. The lowest BCUT2D eigenvalue weighted by Crippen LogP contribution is -2.42. The molecular formula is C28H26N4O5S. The molecule has 194 valence electrons. The number of likely N-dealkylation sites (N-methyl/N-ethyl adjacent to an activating group) is 1. The summed E-state index contributed by atoms with van der Waals surface area (Å²) in [4.78, 5) is 58.4. The Morgan fingerprint density at radius 1 is 1.11 bits per heavy atom.